The Labute approximate surface area is 53.8 Å². The SMILES string of the molecule is CC1C2COOOCC12. The van der Waals surface area contributed by atoms with Gasteiger partial charge in [0.15, 0.2) is 0 Å². The summed E-state index contributed by atoms with van der Waals surface area (Å²) in [4.78, 5) is 9.39. The number of hydrogen-bond donors (Lipinski definition) is 0. The van der Waals surface area contributed by atoms with Crippen LogP contribution in [0.5, 0.6) is 0 Å². The first-order valence-corrected chi connectivity index (χ1v) is 3.30. The van der Waals surface area contributed by atoms with Gasteiger partial charge in [0.1, 0.15) is 0 Å². The Morgan fingerprint density at radius 2 is 1.67 bits per heavy atom. The zero-order valence-electron chi connectivity index (χ0n) is 5.37. The van der Waals surface area contributed by atoms with Crippen molar-refractivity contribution < 1.29 is 14.8 Å². The van der Waals surface area contributed by atoms with Gasteiger partial charge in [0.05, 0.1) is 13.2 Å². The van der Waals surface area contributed by atoms with Gasteiger partial charge in [-0.1, -0.05) is 12.0 Å². The minimum Gasteiger partial charge on any atom is -0.206 e. The van der Waals surface area contributed by atoms with E-state index in [-0.39, 0.29) is 0 Å². The van der Waals surface area contributed by atoms with Crippen LogP contribution >= 0.6 is 0 Å². The Morgan fingerprint density at radius 1 is 1.11 bits per heavy atom. The van der Waals surface area contributed by atoms with Crippen LogP contribution in [0.1, 0.15) is 6.92 Å². The third kappa shape index (κ3) is 0.852. The van der Waals surface area contributed by atoms with E-state index in [0.29, 0.717) is 25.0 Å². The van der Waals surface area contributed by atoms with E-state index in [4.69, 9.17) is 9.78 Å². The largest absolute Gasteiger partial charge is 0.206 e. The molecule has 3 heteroatoms. The fourth-order valence-corrected chi connectivity index (χ4v) is 1.43. The Kier molecular flexibility index (Phi) is 1.22. The van der Waals surface area contributed by atoms with Crippen LogP contribution in [-0.2, 0) is 14.8 Å². The van der Waals surface area contributed by atoms with Crippen LogP contribution in [0, 0.1) is 17.8 Å². The molecule has 0 aromatic rings. The summed E-state index contributed by atoms with van der Waals surface area (Å²) in [6, 6.07) is 0. The Morgan fingerprint density at radius 3 is 2.22 bits per heavy atom. The summed E-state index contributed by atoms with van der Waals surface area (Å²) in [6.45, 7) is 3.62. The lowest BCUT2D eigenvalue weighted by molar-refractivity contribution is -0.508. The van der Waals surface area contributed by atoms with Crippen molar-refractivity contribution in [2.45, 2.75) is 6.92 Å². The van der Waals surface area contributed by atoms with Crippen molar-refractivity contribution in [3.8, 4) is 0 Å². The van der Waals surface area contributed by atoms with Crippen LogP contribution in [0.2, 0.25) is 0 Å². The van der Waals surface area contributed by atoms with Crippen molar-refractivity contribution in [2.75, 3.05) is 13.2 Å². The van der Waals surface area contributed by atoms with E-state index in [1.807, 2.05) is 0 Å². The molecule has 2 rings (SSSR count). The second kappa shape index (κ2) is 1.94. The average Bonchev–Trinajstić information content (AvgIpc) is 2.51. The van der Waals surface area contributed by atoms with E-state index in [2.05, 4.69) is 12.0 Å². The van der Waals surface area contributed by atoms with Gasteiger partial charge in [-0.25, -0.2) is 9.78 Å². The molecule has 1 saturated carbocycles. The van der Waals surface area contributed by atoms with Gasteiger partial charge in [0.25, 0.3) is 0 Å². The monoisotopic (exact) mass is 130 g/mol. The second-order valence-corrected chi connectivity index (χ2v) is 2.82. The van der Waals surface area contributed by atoms with Crippen LogP contribution in [0.25, 0.3) is 0 Å². The molecule has 2 atom stereocenters. The van der Waals surface area contributed by atoms with Gasteiger partial charge in [-0.3, -0.25) is 0 Å². The molecular weight excluding hydrogens is 120 g/mol. The molecule has 0 aromatic carbocycles. The Hall–Kier alpha value is -0.120. The quantitative estimate of drug-likeness (QED) is 0.453. The maximum Gasteiger partial charge on any atom is 0.0888 e. The highest BCUT2D eigenvalue weighted by atomic mass is 17.5. The summed E-state index contributed by atoms with van der Waals surface area (Å²) in [5, 5.41) is 4.34. The highest BCUT2D eigenvalue weighted by Crippen LogP contribution is 2.47. The van der Waals surface area contributed by atoms with E-state index in [1.165, 1.54) is 0 Å². The zero-order valence-corrected chi connectivity index (χ0v) is 5.37. The fraction of sp³-hybridized carbons (Fsp3) is 1.00. The van der Waals surface area contributed by atoms with Crippen LogP contribution in [0.3, 0.4) is 0 Å². The van der Waals surface area contributed by atoms with Crippen LogP contribution in [-0.4, -0.2) is 13.2 Å². The molecule has 9 heavy (non-hydrogen) atoms. The highest BCUT2D eigenvalue weighted by molar-refractivity contribution is 4.93. The lowest BCUT2D eigenvalue weighted by Crippen LogP contribution is -1.97. The van der Waals surface area contributed by atoms with Crippen molar-refractivity contribution >= 4 is 0 Å². The summed E-state index contributed by atoms with van der Waals surface area (Å²) < 4.78 is 0. The number of rotatable bonds is 0. The van der Waals surface area contributed by atoms with Gasteiger partial charge in [-0.2, -0.15) is 0 Å². The molecule has 0 amide bonds. The molecular formula is C6H10O3. The molecule has 0 bridgehead atoms. The molecule has 2 fully saturated rings. The smallest absolute Gasteiger partial charge is 0.0888 e. The first kappa shape index (κ1) is 5.65. The number of hydrogen-bond acceptors (Lipinski definition) is 3. The van der Waals surface area contributed by atoms with Gasteiger partial charge in [-0.05, 0) is 17.8 Å². The molecule has 0 spiro atoms. The minimum absolute atomic E-state index is 0.687. The fourth-order valence-electron chi connectivity index (χ4n) is 1.43. The van der Waals surface area contributed by atoms with Crippen LogP contribution < -0.4 is 0 Å². The lowest BCUT2D eigenvalue weighted by atomic mass is 10.3. The van der Waals surface area contributed by atoms with Gasteiger partial charge in [0.2, 0.25) is 0 Å². The summed E-state index contributed by atoms with van der Waals surface area (Å²) in [7, 11) is 0. The predicted octanol–water partition coefficient (Wildman–Crippen LogP) is 0.762. The maximum atomic E-state index is 4.70. The molecule has 0 radical (unpaired) electrons. The molecule has 3 nitrogen and oxygen atoms in total. The van der Waals surface area contributed by atoms with Crippen LogP contribution in [0.15, 0.2) is 0 Å². The van der Waals surface area contributed by atoms with Crippen molar-refractivity contribution in [1.29, 1.82) is 0 Å². The third-order valence-corrected chi connectivity index (χ3v) is 2.38. The van der Waals surface area contributed by atoms with E-state index < -0.39 is 0 Å². The zero-order chi connectivity index (χ0) is 6.27. The van der Waals surface area contributed by atoms with Crippen LogP contribution in [0.4, 0.5) is 0 Å². The van der Waals surface area contributed by atoms with Crippen molar-refractivity contribution in [3.63, 3.8) is 0 Å². The van der Waals surface area contributed by atoms with E-state index in [9.17, 15) is 0 Å². The number of fused-ring (bicyclic) bond motifs is 1. The lowest BCUT2D eigenvalue weighted by Gasteiger charge is -1.97. The summed E-state index contributed by atoms with van der Waals surface area (Å²) in [6.07, 6.45) is 0. The molecule has 2 aliphatic rings. The molecule has 1 heterocycles. The van der Waals surface area contributed by atoms with Gasteiger partial charge in [0, 0.05) is 0 Å². The van der Waals surface area contributed by atoms with E-state index in [0.717, 1.165) is 5.92 Å². The Bertz CT molecular complexity index is 103. The van der Waals surface area contributed by atoms with Gasteiger partial charge >= 0.3 is 0 Å². The first-order valence-electron chi connectivity index (χ1n) is 3.30. The molecule has 2 unspecified atom stereocenters. The van der Waals surface area contributed by atoms with Gasteiger partial charge < -0.3 is 0 Å². The molecule has 0 aromatic heterocycles. The second-order valence-electron chi connectivity index (χ2n) is 2.82. The van der Waals surface area contributed by atoms with Crippen molar-refractivity contribution in [3.05, 3.63) is 0 Å². The third-order valence-electron chi connectivity index (χ3n) is 2.38. The van der Waals surface area contributed by atoms with Gasteiger partial charge in [-0.15, -0.1) is 0 Å². The van der Waals surface area contributed by atoms with E-state index in [1.54, 1.807) is 0 Å². The molecule has 1 aliphatic carbocycles. The summed E-state index contributed by atoms with van der Waals surface area (Å²) in [5.74, 6) is 2.15. The summed E-state index contributed by atoms with van der Waals surface area (Å²) >= 11 is 0. The molecule has 1 aliphatic heterocycles. The van der Waals surface area contributed by atoms with Crippen molar-refractivity contribution in [2.24, 2.45) is 17.8 Å². The highest BCUT2D eigenvalue weighted by Gasteiger charge is 2.48. The molecule has 0 N–H and O–H groups in total. The topological polar surface area (TPSA) is 27.7 Å². The molecule has 52 valence electrons. The Balaban J connectivity index is 1.93. The van der Waals surface area contributed by atoms with Crippen molar-refractivity contribution in [1.82, 2.24) is 0 Å². The van der Waals surface area contributed by atoms with E-state index >= 15 is 0 Å². The first-order chi connectivity index (χ1) is 4.39. The normalized spacial score (nSPS) is 49.7. The average molecular weight is 130 g/mol. The molecule has 1 saturated heterocycles. The standard InChI is InChI=1S/C6H10O3/c1-4-5-2-7-9-8-3-6(4)5/h4-6H,2-3H2,1H3. The predicted molar refractivity (Wildman–Crippen MR) is 29.1 cm³/mol. The maximum absolute atomic E-state index is 4.70. The minimum atomic E-state index is 0.687. The summed E-state index contributed by atoms with van der Waals surface area (Å²) in [5.41, 5.74) is 0.